The summed E-state index contributed by atoms with van der Waals surface area (Å²) in [6, 6.07) is 17.0. The first-order valence-corrected chi connectivity index (χ1v) is 6.18. The summed E-state index contributed by atoms with van der Waals surface area (Å²) in [5.74, 6) is 0. The molecule has 106 valence electrons. The summed E-state index contributed by atoms with van der Waals surface area (Å²) in [5, 5.41) is 13.9. The monoisotopic (exact) mass is 292 g/mol. The summed E-state index contributed by atoms with van der Waals surface area (Å²) in [6.07, 6.45) is 0. The number of nitrogens with zero attached hydrogens (tertiary/aromatic N) is 1. The van der Waals surface area contributed by atoms with E-state index < -0.39 is 0 Å². The normalized spacial score (nSPS) is 11.4. The number of nitro benzene ring substituents is 1. The van der Waals surface area contributed by atoms with Crippen LogP contribution in [-0.2, 0) is 6.54 Å². The number of benzene rings is 2. The first-order valence-electron chi connectivity index (χ1n) is 6.18. The molecule has 20 heavy (non-hydrogen) atoms. The number of hydrogen-bond acceptors (Lipinski definition) is 3. The minimum absolute atomic E-state index is 0. The molecule has 0 spiro atoms. The predicted octanol–water partition coefficient (Wildman–Crippen LogP) is 3.87. The maximum atomic E-state index is 10.6. The standard InChI is InChI=1S/C15H16N2O2.ClH/c1-12(14-5-3-2-4-6-14)16-11-13-7-9-15(10-8-13)17(18)19;/h2-10,12,16H,11H2,1H3;1H. The lowest BCUT2D eigenvalue weighted by atomic mass is 10.1. The molecule has 2 rings (SSSR count). The lowest BCUT2D eigenvalue weighted by Gasteiger charge is -2.14. The summed E-state index contributed by atoms with van der Waals surface area (Å²) in [5.41, 5.74) is 2.39. The topological polar surface area (TPSA) is 55.2 Å². The van der Waals surface area contributed by atoms with Gasteiger partial charge >= 0.3 is 0 Å². The van der Waals surface area contributed by atoms with Crippen LogP contribution in [0.25, 0.3) is 0 Å². The molecule has 0 aliphatic carbocycles. The van der Waals surface area contributed by atoms with E-state index in [9.17, 15) is 10.1 Å². The summed E-state index contributed by atoms with van der Waals surface area (Å²) in [4.78, 5) is 10.2. The lowest BCUT2D eigenvalue weighted by Crippen LogP contribution is -2.17. The van der Waals surface area contributed by atoms with Gasteiger partial charge in [0, 0.05) is 24.7 Å². The van der Waals surface area contributed by atoms with Gasteiger partial charge in [-0.05, 0) is 18.1 Å². The van der Waals surface area contributed by atoms with E-state index in [1.54, 1.807) is 12.1 Å². The molecule has 0 aliphatic rings. The van der Waals surface area contributed by atoms with Gasteiger partial charge in [0.1, 0.15) is 0 Å². The van der Waals surface area contributed by atoms with Gasteiger partial charge in [0.15, 0.2) is 0 Å². The molecule has 1 atom stereocenters. The van der Waals surface area contributed by atoms with E-state index in [1.807, 2.05) is 18.2 Å². The first kappa shape index (κ1) is 16.1. The molecule has 2 aromatic rings. The van der Waals surface area contributed by atoms with Crippen molar-refractivity contribution in [2.75, 3.05) is 0 Å². The minimum Gasteiger partial charge on any atom is -0.306 e. The van der Waals surface area contributed by atoms with Crippen LogP contribution >= 0.6 is 12.4 Å². The highest BCUT2D eigenvalue weighted by Crippen LogP contribution is 2.14. The highest BCUT2D eigenvalue weighted by molar-refractivity contribution is 5.85. The summed E-state index contributed by atoms with van der Waals surface area (Å²) in [6.45, 7) is 2.79. The third-order valence-electron chi connectivity index (χ3n) is 3.06. The number of nitro groups is 1. The number of non-ortho nitro benzene ring substituents is 1. The number of hydrogen-bond donors (Lipinski definition) is 1. The van der Waals surface area contributed by atoms with Gasteiger partial charge in [0.05, 0.1) is 4.92 Å². The van der Waals surface area contributed by atoms with E-state index in [4.69, 9.17) is 0 Å². The maximum Gasteiger partial charge on any atom is 0.269 e. The Bertz CT molecular complexity index is 544. The number of nitrogens with one attached hydrogen (secondary N) is 1. The quantitative estimate of drug-likeness (QED) is 0.672. The third-order valence-corrected chi connectivity index (χ3v) is 3.06. The van der Waals surface area contributed by atoms with Crippen molar-refractivity contribution in [3.8, 4) is 0 Å². The zero-order valence-electron chi connectivity index (χ0n) is 11.2. The Morgan fingerprint density at radius 3 is 2.25 bits per heavy atom. The fourth-order valence-corrected chi connectivity index (χ4v) is 1.87. The molecule has 0 radical (unpaired) electrons. The molecule has 0 saturated heterocycles. The third kappa shape index (κ3) is 4.33. The zero-order chi connectivity index (χ0) is 13.7. The van der Waals surface area contributed by atoms with E-state index in [2.05, 4.69) is 24.4 Å². The van der Waals surface area contributed by atoms with Crippen LogP contribution in [0.1, 0.15) is 24.1 Å². The van der Waals surface area contributed by atoms with E-state index in [0.29, 0.717) is 6.54 Å². The molecular weight excluding hydrogens is 276 g/mol. The number of rotatable bonds is 5. The molecule has 0 aromatic heterocycles. The van der Waals surface area contributed by atoms with Crippen LogP contribution in [0.3, 0.4) is 0 Å². The number of halogens is 1. The van der Waals surface area contributed by atoms with Gasteiger partial charge in [-0.3, -0.25) is 10.1 Å². The van der Waals surface area contributed by atoms with Gasteiger partial charge in [0.25, 0.3) is 5.69 Å². The van der Waals surface area contributed by atoms with E-state index in [0.717, 1.165) is 5.56 Å². The van der Waals surface area contributed by atoms with Crippen molar-refractivity contribution in [1.29, 1.82) is 0 Å². The average Bonchev–Trinajstić information content (AvgIpc) is 2.46. The van der Waals surface area contributed by atoms with Gasteiger partial charge in [-0.2, -0.15) is 0 Å². The molecule has 1 unspecified atom stereocenters. The fourth-order valence-electron chi connectivity index (χ4n) is 1.87. The minimum atomic E-state index is -0.385. The molecule has 5 heteroatoms. The van der Waals surface area contributed by atoms with Crippen molar-refractivity contribution in [3.63, 3.8) is 0 Å². The Morgan fingerprint density at radius 1 is 1.10 bits per heavy atom. The molecule has 4 nitrogen and oxygen atoms in total. The second-order valence-corrected chi connectivity index (χ2v) is 4.44. The van der Waals surface area contributed by atoms with Gasteiger partial charge < -0.3 is 5.32 Å². The summed E-state index contributed by atoms with van der Waals surface area (Å²) in [7, 11) is 0. The second kappa shape index (κ2) is 7.62. The van der Waals surface area contributed by atoms with Crippen LogP contribution in [-0.4, -0.2) is 4.92 Å². The molecule has 0 saturated carbocycles. The van der Waals surface area contributed by atoms with Crippen molar-refractivity contribution < 1.29 is 4.92 Å². The van der Waals surface area contributed by atoms with E-state index in [-0.39, 0.29) is 29.1 Å². The van der Waals surface area contributed by atoms with Crippen LogP contribution in [0.15, 0.2) is 54.6 Å². The van der Waals surface area contributed by atoms with Crippen molar-refractivity contribution >= 4 is 18.1 Å². The van der Waals surface area contributed by atoms with Gasteiger partial charge in [-0.25, -0.2) is 0 Å². The fraction of sp³-hybridized carbons (Fsp3) is 0.200. The molecule has 2 aromatic carbocycles. The Balaban J connectivity index is 0.00000200. The molecule has 0 amide bonds. The van der Waals surface area contributed by atoms with E-state index >= 15 is 0 Å². The Labute approximate surface area is 124 Å². The van der Waals surface area contributed by atoms with Crippen LogP contribution in [0, 0.1) is 10.1 Å². The van der Waals surface area contributed by atoms with Crippen LogP contribution < -0.4 is 5.32 Å². The van der Waals surface area contributed by atoms with E-state index in [1.165, 1.54) is 17.7 Å². The van der Waals surface area contributed by atoms with Gasteiger partial charge in [-0.15, -0.1) is 12.4 Å². The van der Waals surface area contributed by atoms with Crippen molar-refractivity contribution in [3.05, 3.63) is 75.8 Å². The smallest absolute Gasteiger partial charge is 0.269 e. The predicted molar refractivity (Wildman–Crippen MR) is 82.0 cm³/mol. The summed E-state index contributed by atoms with van der Waals surface area (Å²) >= 11 is 0. The van der Waals surface area contributed by atoms with Crippen LogP contribution in [0.4, 0.5) is 5.69 Å². The highest BCUT2D eigenvalue weighted by Gasteiger charge is 2.06. The first-order chi connectivity index (χ1) is 9.16. The second-order valence-electron chi connectivity index (χ2n) is 4.44. The SMILES string of the molecule is CC(NCc1ccc([N+](=O)[O-])cc1)c1ccccc1.Cl. The summed E-state index contributed by atoms with van der Waals surface area (Å²) < 4.78 is 0. The molecule has 1 N–H and O–H groups in total. The molecule has 0 aliphatic heterocycles. The molecular formula is C15H17ClN2O2. The van der Waals surface area contributed by atoms with Crippen molar-refractivity contribution in [2.45, 2.75) is 19.5 Å². The zero-order valence-corrected chi connectivity index (χ0v) is 12.0. The average molecular weight is 293 g/mol. The van der Waals surface area contributed by atoms with Gasteiger partial charge in [0.2, 0.25) is 0 Å². The molecule has 0 heterocycles. The van der Waals surface area contributed by atoms with Crippen molar-refractivity contribution in [2.24, 2.45) is 0 Å². The maximum absolute atomic E-state index is 10.6. The Morgan fingerprint density at radius 2 is 1.70 bits per heavy atom. The lowest BCUT2D eigenvalue weighted by molar-refractivity contribution is -0.384. The van der Waals surface area contributed by atoms with Crippen LogP contribution in [0.2, 0.25) is 0 Å². The molecule has 0 bridgehead atoms. The molecule has 0 fully saturated rings. The Kier molecular flexibility index (Phi) is 6.15. The van der Waals surface area contributed by atoms with Crippen LogP contribution in [0.5, 0.6) is 0 Å². The Hall–Kier alpha value is -1.91. The van der Waals surface area contributed by atoms with Gasteiger partial charge in [-0.1, -0.05) is 42.5 Å². The van der Waals surface area contributed by atoms with Crippen molar-refractivity contribution in [1.82, 2.24) is 5.32 Å². The highest BCUT2D eigenvalue weighted by atomic mass is 35.5. The largest absolute Gasteiger partial charge is 0.306 e.